The van der Waals surface area contributed by atoms with E-state index in [1.54, 1.807) is 0 Å². The van der Waals surface area contributed by atoms with Crippen molar-refractivity contribution in [2.75, 3.05) is 6.54 Å². The Morgan fingerprint density at radius 3 is 2.37 bits per heavy atom. The minimum atomic E-state index is 0.140. The molecule has 2 aromatic rings. The molecule has 0 aromatic carbocycles. The molecular formula is C14H17Cl2NS2. The van der Waals surface area contributed by atoms with Gasteiger partial charge in [-0.05, 0) is 44.5 Å². The number of rotatable bonds is 5. The zero-order chi connectivity index (χ0) is 14.0. The van der Waals surface area contributed by atoms with Crippen LogP contribution in [0.2, 0.25) is 8.67 Å². The first-order valence-corrected chi connectivity index (χ1v) is 8.66. The minimum absolute atomic E-state index is 0.140. The fourth-order valence-electron chi connectivity index (χ4n) is 2.16. The molecule has 2 heterocycles. The highest BCUT2D eigenvalue weighted by Gasteiger charge is 2.21. The van der Waals surface area contributed by atoms with Crippen LogP contribution in [-0.2, 0) is 0 Å². The van der Waals surface area contributed by atoms with Crippen LogP contribution in [0.15, 0.2) is 12.1 Å². The lowest BCUT2D eigenvalue weighted by Gasteiger charge is -2.18. The van der Waals surface area contributed by atoms with Gasteiger partial charge in [-0.3, -0.25) is 0 Å². The van der Waals surface area contributed by atoms with Gasteiger partial charge in [-0.1, -0.05) is 30.1 Å². The summed E-state index contributed by atoms with van der Waals surface area (Å²) < 4.78 is 1.52. The lowest BCUT2D eigenvalue weighted by Crippen LogP contribution is -2.23. The van der Waals surface area contributed by atoms with Gasteiger partial charge < -0.3 is 5.32 Å². The Labute approximate surface area is 132 Å². The number of thiophene rings is 2. The standard InChI is InChI=1S/C14H17Cl2NS2/c1-4-5-17-13(10-6-8(2)18-9(10)3)11-7-12(15)19-14(11)16/h6-7,13,17H,4-5H2,1-3H3. The van der Waals surface area contributed by atoms with Crippen LogP contribution in [0.5, 0.6) is 0 Å². The molecule has 5 heteroatoms. The third-order valence-electron chi connectivity index (χ3n) is 2.98. The molecule has 2 aromatic heterocycles. The smallest absolute Gasteiger partial charge is 0.0995 e. The van der Waals surface area contributed by atoms with E-state index in [-0.39, 0.29) is 6.04 Å². The van der Waals surface area contributed by atoms with E-state index in [9.17, 15) is 0 Å². The van der Waals surface area contributed by atoms with Gasteiger partial charge in [0.15, 0.2) is 0 Å². The van der Waals surface area contributed by atoms with Gasteiger partial charge in [0.25, 0.3) is 0 Å². The predicted octanol–water partition coefficient (Wildman–Crippen LogP) is 5.82. The molecule has 0 amide bonds. The van der Waals surface area contributed by atoms with Gasteiger partial charge >= 0.3 is 0 Å². The molecule has 1 N–H and O–H groups in total. The maximum Gasteiger partial charge on any atom is 0.0995 e. The average molecular weight is 334 g/mol. The molecule has 0 aliphatic rings. The van der Waals surface area contributed by atoms with Crippen molar-refractivity contribution in [3.8, 4) is 0 Å². The molecule has 0 spiro atoms. The molecule has 19 heavy (non-hydrogen) atoms. The Morgan fingerprint density at radius 2 is 1.89 bits per heavy atom. The van der Waals surface area contributed by atoms with Gasteiger partial charge in [0.2, 0.25) is 0 Å². The van der Waals surface area contributed by atoms with Crippen molar-refractivity contribution in [1.82, 2.24) is 5.32 Å². The molecule has 1 unspecified atom stereocenters. The van der Waals surface area contributed by atoms with Gasteiger partial charge in [0, 0.05) is 15.3 Å². The Morgan fingerprint density at radius 1 is 1.16 bits per heavy atom. The van der Waals surface area contributed by atoms with E-state index in [0.29, 0.717) is 0 Å². The highest BCUT2D eigenvalue weighted by atomic mass is 35.5. The monoisotopic (exact) mass is 333 g/mol. The van der Waals surface area contributed by atoms with E-state index in [1.807, 2.05) is 17.4 Å². The first kappa shape index (κ1) is 15.3. The van der Waals surface area contributed by atoms with Gasteiger partial charge in [0.05, 0.1) is 14.7 Å². The topological polar surface area (TPSA) is 12.0 Å². The molecular weight excluding hydrogens is 317 g/mol. The van der Waals surface area contributed by atoms with Crippen LogP contribution in [0.25, 0.3) is 0 Å². The Balaban J connectivity index is 2.41. The molecule has 0 bridgehead atoms. The fraction of sp³-hybridized carbons (Fsp3) is 0.429. The van der Waals surface area contributed by atoms with Crippen molar-refractivity contribution >= 4 is 45.9 Å². The van der Waals surface area contributed by atoms with Crippen LogP contribution in [0.1, 0.15) is 40.3 Å². The number of halogens is 2. The molecule has 2 rings (SSSR count). The van der Waals surface area contributed by atoms with Crippen LogP contribution in [0, 0.1) is 13.8 Å². The molecule has 0 radical (unpaired) electrons. The van der Waals surface area contributed by atoms with Crippen LogP contribution >= 0.6 is 45.9 Å². The van der Waals surface area contributed by atoms with Crippen molar-refractivity contribution in [3.63, 3.8) is 0 Å². The molecule has 0 aliphatic carbocycles. The molecule has 0 aliphatic heterocycles. The predicted molar refractivity (Wildman–Crippen MR) is 88.3 cm³/mol. The number of aryl methyl sites for hydroxylation is 2. The van der Waals surface area contributed by atoms with Crippen LogP contribution in [0.3, 0.4) is 0 Å². The Hall–Kier alpha value is -0.0600. The van der Waals surface area contributed by atoms with Gasteiger partial charge in [-0.25, -0.2) is 0 Å². The number of hydrogen-bond donors (Lipinski definition) is 1. The first-order valence-electron chi connectivity index (χ1n) is 6.28. The van der Waals surface area contributed by atoms with E-state index >= 15 is 0 Å². The van der Waals surface area contributed by atoms with E-state index in [1.165, 1.54) is 26.7 Å². The zero-order valence-electron chi connectivity index (χ0n) is 11.2. The highest BCUT2D eigenvalue weighted by molar-refractivity contribution is 7.20. The van der Waals surface area contributed by atoms with Crippen molar-refractivity contribution in [2.45, 2.75) is 33.2 Å². The SMILES string of the molecule is CCCNC(c1cc(C)sc1C)c1cc(Cl)sc1Cl. The summed E-state index contributed by atoms with van der Waals surface area (Å²) in [7, 11) is 0. The zero-order valence-corrected chi connectivity index (χ0v) is 14.4. The Bertz CT molecular complexity index is 514. The lowest BCUT2D eigenvalue weighted by atomic mass is 10.0. The maximum absolute atomic E-state index is 6.33. The summed E-state index contributed by atoms with van der Waals surface area (Å²) in [6, 6.07) is 4.37. The van der Waals surface area contributed by atoms with Crippen LogP contribution < -0.4 is 5.32 Å². The van der Waals surface area contributed by atoms with Crippen molar-refractivity contribution in [2.24, 2.45) is 0 Å². The van der Waals surface area contributed by atoms with Gasteiger partial charge in [0.1, 0.15) is 0 Å². The van der Waals surface area contributed by atoms with E-state index < -0.39 is 0 Å². The highest BCUT2D eigenvalue weighted by Crippen LogP contribution is 2.39. The van der Waals surface area contributed by atoms with Crippen molar-refractivity contribution in [1.29, 1.82) is 0 Å². The molecule has 1 nitrogen and oxygen atoms in total. The quantitative estimate of drug-likeness (QED) is 0.726. The number of hydrogen-bond acceptors (Lipinski definition) is 3. The van der Waals surface area contributed by atoms with E-state index in [4.69, 9.17) is 23.2 Å². The third-order valence-corrected chi connectivity index (χ3v) is 5.48. The molecule has 104 valence electrons. The number of nitrogens with one attached hydrogen (secondary N) is 1. The van der Waals surface area contributed by atoms with E-state index in [2.05, 4.69) is 32.2 Å². The van der Waals surface area contributed by atoms with Gasteiger partial charge in [-0.2, -0.15) is 0 Å². The summed E-state index contributed by atoms with van der Waals surface area (Å²) in [6.07, 6.45) is 1.09. The molecule has 0 fully saturated rings. The maximum atomic E-state index is 6.33. The van der Waals surface area contributed by atoms with Crippen molar-refractivity contribution < 1.29 is 0 Å². The summed E-state index contributed by atoms with van der Waals surface area (Å²) in [5.74, 6) is 0. The van der Waals surface area contributed by atoms with Gasteiger partial charge in [-0.15, -0.1) is 22.7 Å². The summed E-state index contributed by atoms with van der Waals surface area (Å²) in [6.45, 7) is 7.43. The molecule has 1 atom stereocenters. The summed E-state index contributed by atoms with van der Waals surface area (Å²) >= 11 is 15.7. The Kier molecular flexibility index (Phi) is 5.32. The van der Waals surface area contributed by atoms with Crippen molar-refractivity contribution in [3.05, 3.63) is 41.7 Å². The molecule has 0 saturated carbocycles. The summed E-state index contributed by atoms with van der Waals surface area (Å²) in [5.41, 5.74) is 2.40. The van der Waals surface area contributed by atoms with Crippen LogP contribution in [0.4, 0.5) is 0 Å². The molecule has 0 saturated heterocycles. The minimum Gasteiger partial charge on any atom is -0.306 e. The van der Waals surface area contributed by atoms with E-state index in [0.717, 1.165) is 27.2 Å². The summed E-state index contributed by atoms with van der Waals surface area (Å²) in [5, 5.41) is 3.58. The fourth-order valence-corrected chi connectivity index (χ4v) is 4.66. The lowest BCUT2D eigenvalue weighted by molar-refractivity contribution is 0.599. The normalized spacial score (nSPS) is 12.9. The summed E-state index contributed by atoms with van der Waals surface area (Å²) in [4.78, 5) is 2.66. The second-order valence-corrected chi connectivity index (χ2v) is 8.28. The average Bonchev–Trinajstić information content (AvgIpc) is 2.83. The largest absolute Gasteiger partial charge is 0.306 e. The first-order chi connectivity index (χ1) is 9.02. The second-order valence-electron chi connectivity index (χ2n) is 4.54. The third kappa shape index (κ3) is 3.53. The van der Waals surface area contributed by atoms with Crippen LogP contribution in [-0.4, -0.2) is 6.54 Å². The second kappa shape index (κ2) is 6.59.